The van der Waals surface area contributed by atoms with E-state index < -0.39 is 11.0 Å². The van der Waals surface area contributed by atoms with Crippen LogP contribution in [-0.4, -0.2) is 29.3 Å². The minimum Gasteiger partial charge on any atom is -0.328 e. The topological polar surface area (TPSA) is 63.5 Å². The summed E-state index contributed by atoms with van der Waals surface area (Å²) in [6, 6.07) is 8.40. The highest BCUT2D eigenvalue weighted by Gasteiger charge is 2.23. The van der Waals surface area contributed by atoms with E-state index in [2.05, 4.69) is 6.58 Å². The van der Waals surface area contributed by atoms with Crippen LogP contribution in [0.4, 0.5) is 0 Å². The summed E-state index contributed by atoms with van der Waals surface area (Å²) in [5, 5.41) is 10.6. The molecule has 5 nitrogen and oxygen atoms in total. The van der Waals surface area contributed by atoms with Crippen LogP contribution in [0.5, 0.6) is 0 Å². The summed E-state index contributed by atoms with van der Waals surface area (Å²) in [4.78, 5) is 22.5. The minimum atomic E-state index is -0.554. The summed E-state index contributed by atoms with van der Waals surface area (Å²) in [7, 11) is 0. The zero-order chi connectivity index (χ0) is 12.7. The molecule has 1 aromatic rings. The lowest BCUT2D eigenvalue weighted by atomic mass is 10.1. The highest BCUT2D eigenvalue weighted by molar-refractivity contribution is 5.49. The number of nitrogens with zero attached hydrogens (tertiary/aromatic N) is 2. The molecule has 0 aliphatic heterocycles. The highest BCUT2D eigenvalue weighted by atomic mass is 16.6. The maximum absolute atomic E-state index is 10.9. The van der Waals surface area contributed by atoms with Gasteiger partial charge < -0.3 is 4.90 Å². The summed E-state index contributed by atoms with van der Waals surface area (Å²) in [5.74, 6) is 0. The Morgan fingerprint density at radius 3 is 2.53 bits per heavy atom. The number of benzene rings is 1. The van der Waals surface area contributed by atoms with Gasteiger partial charge in [0.1, 0.15) is 6.04 Å². The number of hydrogen-bond donors (Lipinski definition) is 0. The largest absolute Gasteiger partial charge is 0.328 e. The first-order valence-corrected chi connectivity index (χ1v) is 5.17. The van der Waals surface area contributed by atoms with E-state index in [-0.39, 0.29) is 13.1 Å². The summed E-state index contributed by atoms with van der Waals surface area (Å²) in [5.41, 5.74) is 0.748. The van der Waals surface area contributed by atoms with Gasteiger partial charge in [0.05, 0.1) is 0 Å². The van der Waals surface area contributed by atoms with Crippen molar-refractivity contribution in [1.29, 1.82) is 0 Å². The van der Waals surface area contributed by atoms with E-state index in [0.29, 0.717) is 6.41 Å². The van der Waals surface area contributed by atoms with Crippen molar-refractivity contribution in [3.05, 3.63) is 58.7 Å². The minimum absolute atomic E-state index is 0.289. The normalized spacial score (nSPS) is 11.5. The van der Waals surface area contributed by atoms with Gasteiger partial charge in [-0.15, -0.1) is 6.58 Å². The average molecular weight is 234 g/mol. The molecule has 0 spiro atoms. The number of hydrogen-bond acceptors (Lipinski definition) is 3. The van der Waals surface area contributed by atoms with Gasteiger partial charge in [0.25, 0.3) is 0 Å². The molecular weight excluding hydrogens is 220 g/mol. The number of carbonyl (C=O) groups excluding carboxylic acids is 1. The van der Waals surface area contributed by atoms with E-state index in [9.17, 15) is 14.9 Å². The van der Waals surface area contributed by atoms with Crippen molar-refractivity contribution in [3.8, 4) is 0 Å². The van der Waals surface area contributed by atoms with Crippen molar-refractivity contribution in [1.82, 2.24) is 4.90 Å². The molecule has 0 saturated carbocycles. The van der Waals surface area contributed by atoms with Crippen LogP contribution in [0.3, 0.4) is 0 Å². The molecule has 0 N–H and O–H groups in total. The Balaban J connectivity index is 2.97. The van der Waals surface area contributed by atoms with Gasteiger partial charge in [0.15, 0.2) is 0 Å². The van der Waals surface area contributed by atoms with Gasteiger partial charge in [0, 0.05) is 11.5 Å². The Labute approximate surface area is 99.5 Å². The molecule has 0 aromatic heterocycles. The Hall–Kier alpha value is -2.17. The number of carbonyl (C=O) groups is 1. The molecule has 1 atom stereocenters. The Kier molecular flexibility index (Phi) is 4.87. The van der Waals surface area contributed by atoms with Crippen molar-refractivity contribution in [3.63, 3.8) is 0 Å². The van der Waals surface area contributed by atoms with Crippen molar-refractivity contribution in [2.45, 2.75) is 6.04 Å². The monoisotopic (exact) mass is 234 g/mol. The second-order valence-electron chi connectivity index (χ2n) is 3.53. The third kappa shape index (κ3) is 3.71. The molecule has 0 aliphatic carbocycles. The summed E-state index contributed by atoms with van der Waals surface area (Å²) < 4.78 is 0. The third-order valence-electron chi connectivity index (χ3n) is 2.38. The second-order valence-corrected chi connectivity index (χ2v) is 3.53. The van der Waals surface area contributed by atoms with Crippen molar-refractivity contribution in [2.75, 3.05) is 13.1 Å². The molecule has 0 aliphatic rings. The molecule has 17 heavy (non-hydrogen) atoms. The molecule has 1 rings (SSSR count). The summed E-state index contributed by atoms with van der Waals surface area (Å²) in [6.45, 7) is 3.51. The van der Waals surface area contributed by atoms with Gasteiger partial charge in [-0.3, -0.25) is 14.9 Å². The fourth-order valence-corrected chi connectivity index (χ4v) is 1.61. The van der Waals surface area contributed by atoms with E-state index >= 15 is 0 Å². The lowest BCUT2D eigenvalue weighted by Gasteiger charge is -2.24. The first-order chi connectivity index (χ1) is 8.19. The van der Waals surface area contributed by atoms with E-state index in [1.807, 2.05) is 6.07 Å². The summed E-state index contributed by atoms with van der Waals surface area (Å²) in [6.07, 6.45) is 2.16. The van der Waals surface area contributed by atoms with Crippen LogP contribution < -0.4 is 0 Å². The highest BCUT2D eigenvalue weighted by Crippen LogP contribution is 2.19. The van der Waals surface area contributed by atoms with Crippen LogP contribution in [-0.2, 0) is 4.79 Å². The Bertz CT molecular complexity index is 392. The molecular formula is C12H14N2O3. The lowest BCUT2D eigenvalue weighted by molar-refractivity contribution is -0.487. The standard InChI is InChI=1S/C12H14N2O3/c1-2-8-13(10-15)12(9-14(16)17)11-6-4-3-5-7-11/h2-7,10,12H,1,8-9H2. The molecule has 1 aromatic carbocycles. The molecule has 90 valence electrons. The quantitative estimate of drug-likeness (QED) is 0.312. The van der Waals surface area contributed by atoms with Gasteiger partial charge >= 0.3 is 0 Å². The zero-order valence-corrected chi connectivity index (χ0v) is 9.36. The van der Waals surface area contributed by atoms with E-state index in [1.165, 1.54) is 4.90 Å². The predicted octanol–water partition coefficient (Wildman–Crippen LogP) is 1.65. The fraction of sp³-hybridized carbons (Fsp3) is 0.250. The van der Waals surface area contributed by atoms with Crippen LogP contribution in [0.2, 0.25) is 0 Å². The van der Waals surface area contributed by atoms with Crippen LogP contribution in [0, 0.1) is 10.1 Å². The lowest BCUT2D eigenvalue weighted by Crippen LogP contribution is -2.32. The SMILES string of the molecule is C=CCN(C=O)C(C[N+](=O)[O-])c1ccccc1. The number of nitro groups is 1. The van der Waals surface area contributed by atoms with Gasteiger partial charge in [-0.05, 0) is 5.56 Å². The van der Waals surface area contributed by atoms with Crippen LogP contribution in [0.1, 0.15) is 11.6 Å². The maximum Gasteiger partial charge on any atom is 0.228 e. The Morgan fingerprint density at radius 1 is 1.41 bits per heavy atom. The molecule has 0 saturated heterocycles. The predicted molar refractivity (Wildman–Crippen MR) is 64.0 cm³/mol. The van der Waals surface area contributed by atoms with Crippen LogP contribution in [0.25, 0.3) is 0 Å². The molecule has 1 amide bonds. The van der Waals surface area contributed by atoms with Crippen molar-refractivity contribution < 1.29 is 9.72 Å². The fourth-order valence-electron chi connectivity index (χ4n) is 1.61. The van der Waals surface area contributed by atoms with Gasteiger partial charge in [-0.25, -0.2) is 0 Å². The molecule has 0 radical (unpaired) electrons. The zero-order valence-electron chi connectivity index (χ0n) is 9.36. The van der Waals surface area contributed by atoms with E-state index in [1.54, 1.807) is 30.3 Å². The van der Waals surface area contributed by atoms with Crippen molar-refractivity contribution >= 4 is 6.41 Å². The van der Waals surface area contributed by atoms with Crippen molar-refractivity contribution in [2.24, 2.45) is 0 Å². The third-order valence-corrected chi connectivity index (χ3v) is 2.38. The average Bonchev–Trinajstić information content (AvgIpc) is 2.34. The van der Waals surface area contributed by atoms with E-state index in [4.69, 9.17) is 0 Å². The van der Waals surface area contributed by atoms with Crippen LogP contribution >= 0.6 is 0 Å². The number of amides is 1. The second kappa shape index (κ2) is 6.42. The number of rotatable bonds is 7. The maximum atomic E-state index is 10.9. The first-order valence-electron chi connectivity index (χ1n) is 5.17. The van der Waals surface area contributed by atoms with Gasteiger partial charge in [-0.2, -0.15) is 0 Å². The summed E-state index contributed by atoms with van der Waals surface area (Å²) >= 11 is 0. The molecule has 1 unspecified atom stereocenters. The molecule has 0 bridgehead atoms. The van der Waals surface area contributed by atoms with Crippen LogP contribution in [0.15, 0.2) is 43.0 Å². The molecule has 5 heteroatoms. The van der Waals surface area contributed by atoms with Gasteiger partial charge in [0.2, 0.25) is 13.0 Å². The first kappa shape index (κ1) is 12.9. The Morgan fingerprint density at radius 2 is 2.06 bits per heavy atom. The molecule has 0 fully saturated rings. The smallest absolute Gasteiger partial charge is 0.228 e. The molecule has 0 heterocycles. The van der Waals surface area contributed by atoms with Gasteiger partial charge in [-0.1, -0.05) is 36.4 Å². The van der Waals surface area contributed by atoms with E-state index in [0.717, 1.165) is 5.56 Å².